The van der Waals surface area contributed by atoms with Crippen molar-refractivity contribution in [3.8, 4) is 0 Å². The Morgan fingerprint density at radius 3 is 1.60 bits per heavy atom. The van der Waals surface area contributed by atoms with Crippen LogP contribution in [-0.4, -0.2) is 34.7 Å². The van der Waals surface area contributed by atoms with Gasteiger partial charge in [0.2, 0.25) is 0 Å². The Bertz CT molecular complexity index is 783. The van der Waals surface area contributed by atoms with Crippen LogP contribution in [-0.2, 0) is 0 Å². The van der Waals surface area contributed by atoms with Gasteiger partial charge in [-0.2, -0.15) is 0 Å². The highest BCUT2D eigenvalue weighted by Gasteiger charge is 2.31. The van der Waals surface area contributed by atoms with Crippen LogP contribution in [0.5, 0.6) is 0 Å². The van der Waals surface area contributed by atoms with Crippen LogP contribution in [0.15, 0.2) is 60.9 Å². The van der Waals surface area contributed by atoms with Crippen LogP contribution < -0.4 is 0 Å². The Labute approximate surface area is 156 Å². The van der Waals surface area contributed by atoms with Gasteiger partial charge in [0, 0.05) is 13.1 Å². The Hall–Kier alpha value is -2.30. The van der Waals surface area contributed by atoms with Crippen molar-refractivity contribution >= 4 is 35.0 Å². The van der Waals surface area contributed by atoms with Crippen molar-refractivity contribution in [2.45, 2.75) is 6.42 Å². The lowest BCUT2D eigenvalue weighted by Crippen LogP contribution is -2.47. The molecule has 1 aliphatic rings. The van der Waals surface area contributed by atoms with E-state index in [2.05, 4.69) is 6.58 Å². The minimum atomic E-state index is -0.271. The third-order valence-corrected chi connectivity index (χ3v) is 4.74. The average molecular weight is 375 g/mol. The van der Waals surface area contributed by atoms with E-state index in [4.69, 9.17) is 23.2 Å². The van der Waals surface area contributed by atoms with E-state index in [0.29, 0.717) is 46.5 Å². The van der Waals surface area contributed by atoms with Crippen LogP contribution in [0.4, 0.5) is 0 Å². The van der Waals surface area contributed by atoms with E-state index in [9.17, 15) is 9.59 Å². The van der Waals surface area contributed by atoms with Gasteiger partial charge >= 0.3 is 0 Å². The molecular weight excluding hydrogens is 359 g/mol. The molecule has 0 bridgehead atoms. The zero-order chi connectivity index (χ0) is 18.0. The summed E-state index contributed by atoms with van der Waals surface area (Å²) in [6.07, 6.45) is 0.644. The lowest BCUT2D eigenvalue weighted by Gasteiger charge is -2.37. The molecule has 0 aliphatic carbocycles. The summed E-state index contributed by atoms with van der Waals surface area (Å²) < 4.78 is 0. The largest absolute Gasteiger partial charge is 0.294 e. The van der Waals surface area contributed by atoms with Gasteiger partial charge in [-0.25, -0.2) is 0 Å². The maximum absolute atomic E-state index is 12.8. The Kier molecular flexibility index (Phi) is 5.11. The van der Waals surface area contributed by atoms with Gasteiger partial charge in [-0.05, 0) is 30.7 Å². The molecule has 3 rings (SSSR count). The molecule has 128 valence electrons. The first kappa shape index (κ1) is 17.5. The minimum absolute atomic E-state index is 0.271. The fourth-order valence-electron chi connectivity index (χ4n) is 2.79. The summed E-state index contributed by atoms with van der Waals surface area (Å²) in [6.45, 7) is 4.92. The van der Waals surface area contributed by atoms with Crippen molar-refractivity contribution in [2.24, 2.45) is 0 Å². The third-order valence-electron chi connectivity index (χ3n) is 4.09. The van der Waals surface area contributed by atoms with Gasteiger partial charge in [0.25, 0.3) is 11.8 Å². The van der Waals surface area contributed by atoms with Crippen molar-refractivity contribution in [2.75, 3.05) is 13.1 Å². The molecule has 25 heavy (non-hydrogen) atoms. The maximum atomic E-state index is 12.8. The fourth-order valence-corrected chi connectivity index (χ4v) is 3.22. The number of carbonyl (C=O) groups is 2. The first-order valence-corrected chi connectivity index (χ1v) is 8.58. The molecular formula is C19H16Cl2N2O2. The van der Waals surface area contributed by atoms with E-state index in [1.807, 2.05) is 0 Å². The van der Waals surface area contributed by atoms with Crippen LogP contribution >= 0.6 is 23.2 Å². The molecule has 0 radical (unpaired) electrons. The molecule has 1 saturated heterocycles. The molecule has 6 heteroatoms. The van der Waals surface area contributed by atoms with Crippen molar-refractivity contribution in [3.63, 3.8) is 0 Å². The topological polar surface area (TPSA) is 40.6 Å². The number of carbonyl (C=O) groups excluding carboxylic acids is 2. The second-order valence-electron chi connectivity index (χ2n) is 5.64. The summed E-state index contributed by atoms with van der Waals surface area (Å²) in [7, 11) is 0. The van der Waals surface area contributed by atoms with Gasteiger partial charge in [0.1, 0.15) is 5.82 Å². The molecule has 2 amide bonds. The van der Waals surface area contributed by atoms with E-state index in [0.717, 1.165) is 0 Å². The number of hydrogen-bond donors (Lipinski definition) is 0. The smallest absolute Gasteiger partial charge is 0.260 e. The second kappa shape index (κ2) is 7.30. The van der Waals surface area contributed by atoms with Crippen LogP contribution in [0.25, 0.3) is 0 Å². The highest BCUT2D eigenvalue weighted by molar-refractivity contribution is 6.34. The average Bonchev–Trinajstić information content (AvgIpc) is 2.62. The van der Waals surface area contributed by atoms with Crippen molar-refractivity contribution < 1.29 is 9.59 Å². The molecule has 0 atom stereocenters. The molecule has 2 aromatic carbocycles. The molecule has 0 saturated carbocycles. The van der Waals surface area contributed by atoms with E-state index in [-0.39, 0.29) is 11.8 Å². The zero-order valence-corrected chi connectivity index (χ0v) is 14.9. The minimum Gasteiger partial charge on any atom is -0.294 e. The summed E-state index contributed by atoms with van der Waals surface area (Å²) in [5.41, 5.74) is 0.773. The van der Waals surface area contributed by atoms with Crippen LogP contribution in [0.3, 0.4) is 0 Å². The fraction of sp³-hybridized carbons (Fsp3) is 0.158. The predicted octanol–water partition coefficient (Wildman–Crippen LogP) is 4.45. The summed E-state index contributed by atoms with van der Waals surface area (Å²) >= 11 is 12.3. The van der Waals surface area contributed by atoms with Gasteiger partial charge in [-0.15, -0.1) is 0 Å². The second-order valence-corrected chi connectivity index (χ2v) is 6.46. The molecule has 4 nitrogen and oxygen atoms in total. The molecule has 1 heterocycles. The third kappa shape index (κ3) is 3.41. The first-order chi connectivity index (χ1) is 12.0. The van der Waals surface area contributed by atoms with E-state index in [1.54, 1.807) is 48.5 Å². The normalized spacial score (nSPS) is 14.6. The quantitative estimate of drug-likeness (QED) is 0.778. The van der Waals surface area contributed by atoms with Gasteiger partial charge in [-0.1, -0.05) is 54.0 Å². The van der Waals surface area contributed by atoms with Crippen molar-refractivity contribution in [3.05, 3.63) is 82.1 Å². The molecule has 0 aromatic heterocycles. The molecule has 0 N–H and O–H groups in total. The number of halogens is 2. The number of rotatable bonds is 2. The van der Waals surface area contributed by atoms with E-state index in [1.165, 1.54) is 9.80 Å². The van der Waals surface area contributed by atoms with Gasteiger partial charge in [0.15, 0.2) is 0 Å². The summed E-state index contributed by atoms with van der Waals surface area (Å²) in [5.74, 6) is -0.208. The monoisotopic (exact) mass is 374 g/mol. The lowest BCUT2D eigenvalue weighted by molar-refractivity contribution is 0.0596. The molecule has 1 aliphatic heterocycles. The number of nitrogens with zero attached hydrogens (tertiary/aromatic N) is 2. The molecule has 1 fully saturated rings. The predicted molar refractivity (Wildman–Crippen MR) is 98.7 cm³/mol. The number of amides is 2. The zero-order valence-electron chi connectivity index (χ0n) is 13.4. The van der Waals surface area contributed by atoms with Crippen LogP contribution in [0.1, 0.15) is 27.1 Å². The lowest BCUT2D eigenvalue weighted by atomic mass is 10.1. The maximum Gasteiger partial charge on any atom is 0.260 e. The molecule has 0 unspecified atom stereocenters. The summed E-state index contributed by atoms with van der Waals surface area (Å²) in [5, 5.41) is 0.740. The van der Waals surface area contributed by atoms with E-state index < -0.39 is 0 Å². The first-order valence-electron chi connectivity index (χ1n) is 7.82. The van der Waals surface area contributed by atoms with Crippen LogP contribution in [0.2, 0.25) is 10.0 Å². The summed E-state index contributed by atoms with van der Waals surface area (Å²) in [4.78, 5) is 28.6. The number of hydrogen-bond acceptors (Lipinski definition) is 2. The Balaban J connectivity index is 1.87. The van der Waals surface area contributed by atoms with Gasteiger partial charge in [0.05, 0.1) is 21.2 Å². The van der Waals surface area contributed by atoms with Crippen molar-refractivity contribution in [1.82, 2.24) is 9.80 Å². The van der Waals surface area contributed by atoms with Crippen molar-refractivity contribution in [1.29, 1.82) is 0 Å². The standard InChI is InChI=1S/C19H16Cl2N2O2/c1-13-22(18(24)14-7-2-4-9-16(14)20)11-6-12-23(13)19(25)15-8-3-5-10-17(15)21/h2-5,7-10H,1,6,11-12H2. The Morgan fingerprint density at radius 2 is 1.20 bits per heavy atom. The molecule has 2 aromatic rings. The SMILES string of the molecule is C=C1N(C(=O)c2ccccc2Cl)CCCN1C(=O)c1ccccc1Cl. The van der Waals surface area contributed by atoms with Gasteiger partial charge < -0.3 is 0 Å². The highest BCUT2D eigenvalue weighted by Crippen LogP contribution is 2.26. The van der Waals surface area contributed by atoms with E-state index >= 15 is 0 Å². The number of benzene rings is 2. The Morgan fingerprint density at radius 1 is 0.800 bits per heavy atom. The molecule has 0 spiro atoms. The van der Waals surface area contributed by atoms with Gasteiger partial charge in [-0.3, -0.25) is 19.4 Å². The summed E-state index contributed by atoms with van der Waals surface area (Å²) in [6, 6.07) is 13.7. The highest BCUT2D eigenvalue weighted by atomic mass is 35.5. The van der Waals surface area contributed by atoms with Crippen LogP contribution in [0, 0.1) is 0 Å².